The van der Waals surface area contributed by atoms with Gasteiger partial charge in [0.05, 0.1) is 0 Å². The molecule has 1 aliphatic heterocycles. The average Bonchev–Trinajstić information content (AvgIpc) is 3.79. The number of furan rings is 1. The molecule has 0 bridgehead atoms. The maximum Gasteiger partial charge on any atom is 0.160 e. The largest absolute Gasteiger partial charge is 0.456 e. The molecule has 4 nitrogen and oxygen atoms in total. The summed E-state index contributed by atoms with van der Waals surface area (Å²) >= 11 is 0. The molecule has 1 unspecified atom stereocenters. The Morgan fingerprint density at radius 3 is 1.64 bits per heavy atom. The van der Waals surface area contributed by atoms with Crippen LogP contribution in [0.1, 0.15) is 22.9 Å². The number of aliphatic imine (C=N–C) groups is 2. The Morgan fingerprint density at radius 1 is 0.396 bits per heavy atom. The predicted octanol–water partition coefficient (Wildman–Crippen LogP) is 12.2. The van der Waals surface area contributed by atoms with Gasteiger partial charge in [0.2, 0.25) is 0 Å². The zero-order chi connectivity index (χ0) is 34.9. The van der Waals surface area contributed by atoms with Crippen LogP contribution in [-0.2, 0) is 0 Å². The van der Waals surface area contributed by atoms with Crippen LogP contribution in [0.5, 0.6) is 0 Å². The van der Waals surface area contributed by atoms with E-state index in [0.29, 0.717) is 5.84 Å². The van der Waals surface area contributed by atoms with Gasteiger partial charge in [-0.05, 0) is 73.0 Å². The van der Waals surface area contributed by atoms with Crippen LogP contribution in [0, 0.1) is 0 Å². The Labute approximate surface area is 306 Å². The molecule has 2 aliphatic rings. The predicted molar refractivity (Wildman–Crippen MR) is 218 cm³/mol. The summed E-state index contributed by atoms with van der Waals surface area (Å²) in [6, 6.07) is 62.0. The van der Waals surface area contributed by atoms with Crippen LogP contribution in [0.15, 0.2) is 190 Å². The molecule has 11 rings (SSSR count). The second kappa shape index (κ2) is 11.8. The molecule has 0 fully saturated rings. The van der Waals surface area contributed by atoms with E-state index in [-0.39, 0.29) is 6.17 Å². The van der Waals surface area contributed by atoms with Gasteiger partial charge < -0.3 is 9.73 Å². The Morgan fingerprint density at radius 2 is 0.925 bits per heavy atom. The monoisotopic (exact) mass is 677 g/mol. The van der Waals surface area contributed by atoms with E-state index in [2.05, 4.69) is 151 Å². The zero-order valence-corrected chi connectivity index (χ0v) is 28.6. The third kappa shape index (κ3) is 4.69. The van der Waals surface area contributed by atoms with Gasteiger partial charge in [-0.3, -0.25) is 0 Å². The molecule has 0 saturated heterocycles. The minimum atomic E-state index is -0.339. The van der Waals surface area contributed by atoms with Crippen LogP contribution < -0.4 is 5.32 Å². The molecule has 1 N–H and O–H groups in total. The van der Waals surface area contributed by atoms with E-state index in [1.165, 1.54) is 49.7 Å². The third-order valence-electron chi connectivity index (χ3n) is 10.7. The second-order valence-corrected chi connectivity index (χ2v) is 13.7. The molecule has 0 radical (unpaired) electrons. The maximum atomic E-state index is 6.63. The van der Waals surface area contributed by atoms with E-state index < -0.39 is 0 Å². The lowest BCUT2D eigenvalue weighted by Crippen LogP contribution is -2.33. The average molecular weight is 678 g/mol. The highest BCUT2D eigenvalue weighted by molar-refractivity contribution is 6.26. The lowest BCUT2D eigenvalue weighted by Gasteiger charge is -2.24. The molecule has 2 heterocycles. The number of nitrogens with one attached hydrogen (secondary N) is 1. The number of benzene rings is 8. The first-order chi connectivity index (χ1) is 26.3. The van der Waals surface area contributed by atoms with E-state index in [1.54, 1.807) is 0 Å². The van der Waals surface area contributed by atoms with Crippen molar-refractivity contribution in [2.24, 2.45) is 9.98 Å². The zero-order valence-electron chi connectivity index (χ0n) is 28.6. The smallest absolute Gasteiger partial charge is 0.160 e. The summed E-state index contributed by atoms with van der Waals surface area (Å²) in [4.78, 5) is 10.5. The highest BCUT2D eigenvalue weighted by Crippen LogP contribution is 2.50. The first-order valence-corrected chi connectivity index (χ1v) is 18.0. The molecule has 248 valence electrons. The van der Waals surface area contributed by atoms with Gasteiger partial charge in [0, 0.05) is 21.9 Å². The highest BCUT2D eigenvalue weighted by atomic mass is 16.3. The van der Waals surface area contributed by atoms with Crippen LogP contribution >= 0.6 is 0 Å². The highest BCUT2D eigenvalue weighted by Gasteiger charge is 2.26. The summed E-state index contributed by atoms with van der Waals surface area (Å²) in [7, 11) is 0. The van der Waals surface area contributed by atoms with Gasteiger partial charge in [-0.1, -0.05) is 164 Å². The van der Waals surface area contributed by atoms with Crippen molar-refractivity contribution < 1.29 is 4.42 Å². The van der Waals surface area contributed by atoms with Crippen molar-refractivity contribution in [3.8, 4) is 44.5 Å². The molecule has 0 spiro atoms. The Kier molecular flexibility index (Phi) is 6.58. The molecule has 0 saturated carbocycles. The fraction of sp³-hybridized carbons (Fsp3) is 0.0204. The number of hydrogen-bond acceptors (Lipinski definition) is 4. The van der Waals surface area contributed by atoms with Crippen LogP contribution in [0.4, 0.5) is 0 Å². The van der Waals surface area contributed by atoms with Crippen molar-refractivity contribution in [1.29, 1.82) is 0 Å². The summed E-state index contributed by atoms with van der Waals surface area (Å²) in [5.41, 5.74) is 14.5. The lowest BCUT2D eigenvalue weighted by atomic mass is 9.91. The molecular formula is C49H31N3O. The Balaban J connectivity index is 1.11. The molecule has 8 aromatic carbocycles. The third-order valence-corrected chi connectivity index (χ3v) is 10.7. The van der Waals surface area contributed by atoms with Crippen molar-refractivity contribution in [3.63, 3.8) is 0 Å². The lowest BCUT2D eigenvalue weighted by molar-refractivity contribution is 0.668. The van der Waals surface area contributed by atoms with Crippen LogP contribution in [0.25, 0.3) is 77.2 Å². The van der Waals surface area contributed by atoms with Crippen LogP contribution in [0.3, 0.4) is 0 Å². The number of fused-ring (bicyclic) bond motifs is 6. The SMILES string of the molecule is c1ccc(C2=NC(c3cccc4oc5cccc(-c6ccc7c8c(cccc68)-c6ccccc6-7)c5c34)=NC(c3ccc(-c4ccccc4)cc3)N2)cc1. The molecular weight excluding hydrogens is 647 g/mol. The normalized spacial score (nSPS) is 14.6. The van der Waals surface area contributed by atoms with E-state index in [0.717, 1.165) is 50.0 Å². The molecule has 0 amide bonds. The van der Waals surface area contributed by atoms with Crippen LogP contribution in [0.2, 0.25) is 0 Å². The standard InChI is InChI=1S/C49H31N3O/c1-3-12-30(13-4-1)31-24-26-33(27-25-31)48-50-47(32-14-5-2-6-15-32)51-49(52-48)41-21-11-23-43-46(41)45-39(20-10-22-42(45)53-43)36-28-29-40-35-17-8-7-16-34(35)37-18-9-19-38(36)44(37)40/h1-29,48H,(H,50,51,52). The van der Waals surface area contributed by atoms with E-state index in [1.807, 2.05) is 30.3 Å². The van der Waals surface area contributed by atoms with E-state index in [9.17, 15) is 0 Å². The van der Waals surface area contributed by atoms with Crippen molar-refractivity contribution in [1.82, 2.24) is 5.32 Å². The number of amidine groups is 2. The summed E-state index contributed by atoms with van der Waals surface area (Å²) in [5, 5.41) is 8.26. The van der Waals surface area contributed by atoms with Crippen molar-refractivity contribution >= 4 is 44.4 Å². The number of rotatable bonds is 5. The Hall–Kier alpha value is -7.04. The first kappa shape index (κ1) is 29.7. The van der Waals surface area contributed by atoms with Crippen LogP contribution in [-0.4, -0.2) is 11.7 Å². The number of hydrogen-bond donors (Lipinski definition) is 1. The maximum absolute atomic E-state index is 6.63. The summed E-state index contributed by atoms with van der Waals surface area (Å²) in [6.45, 7) is 0. The molecule has 1 atom stereocenters. The Bertz CT molecular complexity index is 2930. The molecule has 1 aliphatic carbocycles. The van der Waals surface area contributed by atoms with Crippen molar-refractivity contribution in [2.45, 2.75) is 6.17 Å². The van der Waals surface area contributed by atoms with Crippen molar-refractivity contribution in [3.05, 3.63) is 193 Å². The molecule has 53 heavy (non-hydrogen) atoms. The summed E-state index contributed by atoms with van der Waals surface area (Å²) in [6.07, 6.45) is -0.339. The summed E-state index contributed by atoms with van der Waals surface area (Å²) < 4.78 is 6.63. The quantitative estimate of drug-likeness (QED) is 0.197. The van der Waals surface area contributed by atoms with Gasteiger partial charge in [-0.15, -0.1) is 0 Å². The van der Waals surface area contributed by atoms with Gasteiger partial charge in [-0.2, -0.15) is 0 Å². The van der Waals surface area contributed by atoms with E-state index in [4.69, 9.17) is 14.4 Å². The van der Waals surface area contributed by atoms with Gasteiger partial charge in [0.25, 0.3) is 0 Å². The fourth-order valence-electron chi connectivity index (χ4n) is 8.29. The van der Waals surface area contributed by atoms with Gasteiger partial charge >= 0.3 is 0 Å². The first-order valence-electron chi connectivity index (χ1n) is 18.0. The molecule has 9 aromatic rings. The van der Waals surface area contributed by atoms with Gasteiger partial charge in [0.15, 0.2) is 5.84 Å². The minimum Gasteiger partial charge on any atom is -0.456 e. The summed E-state index contributed by atoms with van der Waals surface area (Å²) in [5.74, 6) is 1.45. The fourth-order valence-corrected chi connectivity index (χ4v) is 8.29. The van der Waals surface area contributed by atoms with E-state index >= 15 is 0 Å². The molecule has 1 aromatic heterocycles. The topological polar surface area (TPSA) is 49.9 Å². The van der Waals surface area contributed by atoms with Crippen molar-refractivity contribution in [2.75, 3.05) is 0 Å². The molecule has 4 heteroatoms. The van der Waals surface area contributed by atoms with Gasteiger partial charge in [-0.25, -0.2) is 9.98 Å². The second-order valence-electron chi connectivity index (χ2n) is 13.7. The number of nitrogens with zero attached hydrogens (tertiary/aromatic N) is 2. The minimum absolute atomic E-state index is 0.339. The van der Waals surface area contributed by atoms with Gasteiger partial charge in [0.1, 0.15) is 23.2 Å².